The van der Waals surface area contributed by atoms with E-state index in [-0.39, 0.29) is 128 Å². The van der Waals surface area contributed by atoms with Crippen LogP contribution in [-0.2, 0) is 18.5 Å². The molecule has 0 aliphatic carbocycles. The highest BCUT2D eigenvalue weighted by Gasteiger charge is 2.35. The van der Waals surface area contributed by atoms with Crippen LogP contribution < -0.4 is 0 Å². The zero-order valence-electron chi connectivity index (χ0n) is 87.8. The number of benzene rings is 15. The average Bonchev–Trinajstić information content (AvgIpc) is 0.779. The van der Waals surface area contributed by atoms with Crippen LogP contribution in [0.3, 0.4) is 0 Å². The Balaban J connectivity index is 0.000000440. The van der Waals surface area contributed by atoms with Crippen molar-refractivity contribution in [2.24, 2.45) is 0 Å². The molecule has 15 aromatic carbocycles. The lowest BCUT2D eigenvalue weighted by atomic mass is 9.73. The van der Waals surface area contributed by atoms with Crippen LogP contribution in [0.5, 0.6) is 86.2 Å². The van der Waals surface area contributed by atoms with Crippen molar-refractivity contribution in [1.82, 2.24) is 0 Å². The number of phenols is 15. The van der Waals surface area contributed by atoms with Crippen LogP contribution in [0.4, 0.5) is 39.5 Å². The molecule has 0 saturated heterocycles. The summed E-state index contributed by atoms with van der Waals surface area (Å²) in [6.45, 7) is 44.3. The fraction of sp³-hybridized carbons (Fsp3) is 0.285. The SMILES string of the molecule is CC.CC.CC.CC.CC.CC(C)c1cc(O)c(O)c(O)c1.CC(C)c1ccc(O)c(O)c1.Cc1cc(C(C)C)cc(C(F)(F)F)c1.Cc1cc(C(C)C)cc(C(F)(F)F)c1.Cc1cc(C(C)C)cc(C(F)(F)F)c1.Oc1ccc(C(c2ccc(O)cc2)C(c2ccc(O)cc2)c2ccc(O)cc2)cc1.Oc1ccc(C(c2ccc(O)cc2)C(c2ccc(O)cc2)c2ccc(O)cc2)cc1.Oc1cccc2c(O)cccc12. The Labute approximate surface area is 860 Å². The second-order valence-corrected chi connectivity index (χ2v) is 34.6. The predicted molar refractivity (Wildman–Crippen MR) is 576 cm³/mol. The Kier molecular flexibility index (Phi) is 52.6. The molecule has 15 N–H and O–H groups in total. The lowest BCUT2D eigenvalue weighted by Gasteiger charge is -2.29. The smallest absolute Gasteiger partial charge is 0.416 e. The van der Waals surface area contributed by atoms with Crippen LogP contribution in [0.15, 0.2) is 315 Å². The molecule has 0 unspecified atom stereocenters. The number of halogens is 9. The molecule has 15 rings (SSSR count). The van der Waals surface area contributed by atoms with E-state index in [2.05, 4.69) is 0 Å². The van der Waals surface area contributed by atoms with Gasteiger partial charge in [-0.3, -0.25) is 0 Å². The number of hydrogen-bond donors (Lipinski definition) is 15. The van der Waals surface area contributed by atoms with E-state index in [1.54, 1.807) is 185 Å². The Bertz CT molecular complexity index is 5570. The standard InChI is InChI=1S/2C26H22O4.3C11H13F3.C10H8O2.C9H12O3.C9H12O2.5C2H6/c2*27-21-9-1-17(2-10-21)25(18-3-11-22(28)12-4-18)26(19-5-13-23(29)14-6-19)20-7-15-24(30)16-8-20;3*1-7(2)9-4-8(3)5-10(6-9)11(12,13)14;11-9-5-1-3-7-8(9)4-2-6-10(7)12;1-5(2)6-3-7(10)9(12)8(11)4-6;1-6(2)7-3-4-8(10)9(11)5-7;5*1-2/h2*1-16,25-30H;3*4-7H,1-3H3;1-6,11-12H;3-5,10-12H,1-2H3;3-6,10-11H,1-2H3;5*1-2H3. The first-order valence-electron chi connectivity index (χ1n) is 48.9. The summed E-state index contributed by atoms with van der Waals surface area (Å²) in [6, 6.07) is 87.3. The first kappa shape index (κ1) is 126. The normalized spacial score (nSPS) is 10.7. The van der Waals surface area contributed by atoms with Gasteiger partial charge in [-0.15, -0.1) is 0 Å². The summed E-state index contributed by atoms with van der Waals surface area (Å²) in [4.78, 5) is 0. The third-order valence-corrected chi connectivity index (χ3v) is 22.3. The molecule has 0 radical (unpaired) electrons. The molecule has 0 heterocycles. The van der Waals surface area contributed by atoms with Crippen molar-refractivity contribution in [2.45, 2.75) is 231 Å². The summed E-state index contributed by atoms with van der Waals surface area (Å²) in [5, 5.41) is 144. The minimum atomic E-state index is -4.24. The van der Waals surface area contributed by atoms with Gasteiger partial charge in [0.15, 0.2) is 28.7 Å². The molecule has 0 aromatic heterocycles. The Hall–Kier alpha value is -15.1. The first-order valence-corrected chi connectivity index (χ1v) is 48.9. The largest absolute Gasteiger partial charge is 0.508 e. The molecule has 0 aliphatic rings. The number of phenolic OH excluding ortho intramolecular Hbond substituents is 15. The van der Waals surface area contributed by atoms with Crippen LogP contribution in [0, 0.1) is 20.8 Å². The van der Waals surface area contributed by atoms with E-state index in [0.717, 1.165) is 72.3 Å². The maximum Gasteiger partial charge on any atom is 0.416 e. The second kappa shape index (κ2) is 61.3. The molecule has 15 aromatic rings. The molecular formula is C123H145F9O15. The van der Waals surface area contributed by atoms with Crippen molar-refractivity contribution in [3.8, 4) is 86.2 Å². The molecule has 0 fully saturated rings. The summed E-state index contributed by atoms with van der Waals surface area (Å²) in [7, 11) is 0. The van der Waals surface area contributed by atoms with Gasteiger partial charge < -0.3 is 76.6 Å². The number of hydrogen-bond acceptors (Lipinski definition) is 15. The fourth-order valence-electron chi connectivity index (χ4n) is 14.8. The van der Waals surface area contributed by atoms with Gasteiger partial charge in [0.2, 0.25) is 0 Å². The molecule has 790 valence electrons. The van der Waals surface area contributed by atoms with E-state index in [1.165, 1.54) is 54.6 Å². The quantitative estimate of drug-likeness (QED) is 0.0335. The van der Waals surface area contributed by atoms with Gasteiger partial charge in [-0.25, -0.2) is 0 Å². The van der Waals surface area contributed by atoms with Gasteiger partial charge in [0.1, 0.15) is 57.5 Å². The summed E-state index contributed by atoms with van der Waals surface area (Å²) < 4.78 is 112. The van der Waals surface area contributed by atoms with E-state index in [0.29, 0.717) is 33.4 Å². The van der Waals surface area contributed by atoms with Crippen LogP contribution in [0.2, 0.25) is 0 Å². The molecule has 147 heavy (non-hydrogen) atoms. The van der Waals surface area contributed by atoms with Gasteiger partial charge >= 0.3 is 18.5 Å². The topological polar surface area (TPSA) is 303 Å². The van der Waals surface area contributed by atoms with Crippen molar-refractivity contribution in [3.05, 3.63) is 421 Å². The molecule has 15 nitrogen and oxygen atoms in total. The molecule has 0 atom stereocenters. The maximum atomic E-state index is 12.4. The minimum Gasteiger partial charge on any atom is -0.508 e. The average molecular weight is 2030 g/mol. The van der Waals surface area contributed by atoms with Crippen molar-refractivity contribution in [2.75, 3.05) is 0 Å². The van der Waals surface area contributed by atoms with Crippen molar-refractivity contribution in [3.63, 3.8) is 0 Å². The third-order valence-electron chi connectivity index (χ3n) is 22.3. The zero-order chi connectivity index (χ0) is 111. The van der Waals surface area contributed by atoms with Crippen LogP contribution in [-0.4, -0.2) is 76.6 Å². The highest BCUT2D eigenvalue weighted by Crippen LogP contribution is 2.48. The highest BCUT2D eigenvalue weighted by molar-refractivity contribution is 5.92. The molecular weight excluding hydrogens is 1890 g/mol. The van der Waals surface area contributed by atoms with Crippen LogP contribution in [0.1, 0.15) is 297 Å². The summed E-state index contributed by atoms with van der Waals surface area (Å²) >= 11 is 0. The van der Waals surface area contributed by atoms with Gasteiger partial charge in [0.05, 0.1) is 16.7 Å². The second-order valence-electron chi connectivity index (χ2n) is 34.6. The predicted octanol–water partition coefficient (Wildman–Crippen LogP) is 34.9. The Morgan fingerprint density at radius 2 is 0.340 bits per heavy atom. The fourth-order valence-corrected chi connectivity index (χ4v) is 14.8. The van der Waals surface area contributed by atoms with Crippen molar-refractivity contribution >= 4 is 10.8 Å². The summed E-state index contributed by atoms with van der Waals surface area (Å²) in [5.41, 5.74) is 12.3. The number of fused-ring (bicyclic) bond motifs is 1. The summed E-state index contributed by atoms with van der Waals surface area (Å²) in [5.74, 6) is 1.18. The number of alkyl halides is 9. The van der Waals surface area contributed by atoms with Crippen molar-refractivity contribution < 1.29 is 116 Å². The molecule has 0 amide bonds. The lowest BCUT2D eigenvalue weighted by molar-refractivity contribution is -0.138. The van der Waals surface area contributed by atoms with E-state index in [1.807, 2.05) is 236 Å². The van der Waals surface area contributed by atoms with E-state index < -0.39 is 41.0 Å². The molecule has 24 heteroatoms. The lowest BCUT2D eigenvalue weighted by Crippen LogP contribution is -2.14. The Morgan fingerprint density at radius 1 is 0.170 bits per heavy atom. The van der Waals surface area contributed by atoms with Crippen LogP contribution in [0.25, 0.3) is 10.8 Å². The highest BCUT2D eigenvalue weighted by atomic mass is 19.4. The minimum absolute atomic E-state index is 0.0452. The molecule has 0 aliphatic heterocycles. The van der Waals surface area contributed by atoms with Gasteiger partial charge in [-0.05, 0) is 293 Å². The number of aryl methyl sites for hydroxylation is 3. The molecule has 0 saturated carbocycles. The van der Waals surface area contributed by atoms with Gasteiger partial charge in [0, 0.05) is 34.4 Å². The molecule has 0 spiro atoms. The summed E-state index contributed by atoms with van der Waals surface area (Å²) in [6.07, 6.45) is -12.7. The monoisotopic (exact) mass is 2030 g/mol. The van der Waals surface area contributed by atoms with Gasteiger partial charge in [-0.1, -0.05) is 301 Å². The first-order chi connectivity index (χ1) is 69.3. The van der Waals surface area contributed by atoms with Gasteiger partial charge in [0.25, 0.3) is 0 Å². The van der Waals surface area contributed by atoms with Crippen molar-refractivity contribution in [1.29, 1.82) is 0 Å². The zero-order valence-corrected chi connectivity index (χ0v) is 87.8. The van der Waals surface area contributed by atoms with Gasteiger partial charge in [-0.2, -0.15) is 39.5 Å². The maximum absolute atomic E-state index is 12.4. The van der Waals surface area contributed by atoms with E-state index >= 15 is 0 Å². The number of aromatic hydroxyl groups is 15. The van der Waals surface area contributed by atoms with Crippen LogP contribution >= 0.6 is 0 Å². The molecule has 0 bridgehead atoms. The van der Waals surface area contributed by atoms with E-state index in [9.17, 15) is 90.6 Å². The van der Waals surface area contributed by atoms with E-state index in [4.69, 9.17) is 25.5 Å². The third kappa shape index (κ3) is 40.5. The number of rotatable bonds is 15. The Morgan fingerprint density at radius 3 is 0.510 bits per heavy atom.